The second-order valence-electron chi connectivity index (χ2n) is 5.26. The predicted octanol–water partition coefficient (Wildman–Crippen LogP) is 1.98. The van der Waals surface area contributed by atoms with Crippen molar-refractivity contribution in [3.05, 3.63) is 28.3 Å². The van der Waals surface area contributed by atoms with Crippen molar-refractivity contribution in [2.45, 2.75) is 36.8 Å². The molecule has 8 heteroatoms. The first-order valence-electron chi connectivity index (χ1n) is 6.64. The number of anilines is 1. The Morgan fingerprint density at radius 2 is 2.14 bits per heavy atom. The molecule has 1 heterocycles. The van der Waals surface area contributed by atoms with Crippen molar-refractivity contribution in [1.82, 2.24) is 0 Å². The summed E-state index contributed by atoms with van der Waals surface area (Å²) in [6.45, 7) is 2.56. The van der Waals surface area contributed by atoms with Gasteiger partial charge in [-0.05, 0) is 31.9 Å². The van der Waals surface area contributed by atoms with E-state index in [1.54, 1.807) is 0 Å². The molecule has 0 saturated carbocycles. The number of nitro groups is 1. The zero-order valence-corrected chi connectivity index (χ0v) is 12.7. The maximum Gasteiger partial charge on any atom is 0.293 e. The highest BCUT2D eigenvalue weighted by atomic mass is 32.2. The van der Waals surface area contributed by atoms with Gasteiger partial charge < -0.3 is 10.1 Å². The summed E-state index contributed by atoms with van der Waals surface area (Å²) >= 11 is 0. The van der Waals surface area contributed by atoms with Gasteiger partial charge in [0.15, 0.2) is 9.84 Å². The highest BCUT2D eigenvalue weighted by molar-refractivity contribution is 7.90. The molecule has 21 heavy (non-hydrogen) atoms. The number of nitrogens with one attached hydrogen (secondary N) is 1. The van der Waals surface area contributed by atoms with Gasteiger partial charge in [-0.1, -0.05) is 0 Å². The zero-order valence-electron chi connectivity index (χ0n) is 11.9. The van der Waals surface area contributed by atoms with Crippen LogP contribution in [0, 0.1) is 10.1 Å². The molecule has 0 amide bonds. The molecule has 1 aliphatic rings. The molecule has 0 bridgehead atoms. The van der Waals surface area contributed by atoms with Crippen molar-refractivity contribution in [1.29, 1.82) is 0 Å². The van der Waals surface area contributed by atoms with Gasteiger partial charge in [-0.25, -0.2) is 8.42 Å². The maximum atomic E-state index is 11.5. The molecule has 1 saturated heterocycles. The standard InChI is InChI=1S/C13H18N2O5S/c1-9-7-10(5-6-20-9)14-12-4-3-11(21(2,18)19)8-13(12)15(16)17/h3-4,8-10,14H,5-7H2,1-2H3. The molecule has 2 atom stereocenters. The van der Waals surface area contributed by atoms with Crippen molar-refractivity contribution in [3.8, 4) is 0 Å². The van der Waals surface area contributed by atoms with Gasteiger partial charge in [0, 0.05) is 25.0 Å². The SMILES string of the molecule is CC1CC(Nc2ccc(S(C)(=O)=O)cc2[N+](=O)[O-])CCO1. The molecule has 0 aliphatic carbocycles. The Balaban J connectivity index is 2.28. The quantitative estimate of drug-likeness (QED) is 0.674. The first-order chi connectivity index (χ1) is 9.77. The van der Waals surface area contributed by atoms with Gasteiger partial charge >= 0.3 is 0 Å². The van der Waals surface area contributed by atoms with Gasteiger partial charge in [0.2, 0.25) is 0 Å². The van der Waals surface area contributed by atoms with Gasteiger partial charge in [-0.2, -0.15) is 0 Å². The molecule has 1 aliphatic heterocycles. The lowest BCUT2D eigenvalue weighted by molar-refractivity contribution is -0.384. The first-order valence-corrected chi connectivity index (χ1v) is 8.53. The molecule has 116 valence electrons. The van der Waals surface area contributed by atoms with Crippen molar-refractivity contribution >= 4 is 21.2 Å². The average Bonchev–Trinajstić information content (AvgIpc) is 2.37. The fourth-order valence-electron chi connectivity index (χ4n) is 2.36. The molecule has 1 fully saturated rings. The summed E-state index contributed by atoms with van der Waals surface area (Å²) in [5.41, 5.74) is 0.114. The van der Waals surface area contributed by atoms with Crippen LogP contribution in [0.25, 0.3) is 0 Å². The van der Waals surface area contributed by atoms with Gasteiger partial charge in [0.25, 0.3) is 5.69 Å². The number of benzene rings is 1. The normalized spacial score (nSPS) is 22.8. The summed E-state index contributed by atoms with van der Waals surface area (Å²) in [5.74, 6) is 0. The van der Waals surface area contributed by atoms with Gasteiger partial charge in [-0.15, -0.1) is 0 Å². The highest BCUT2D eigenvalue weighted by Gasteiger charge is 2.24. The van der Waals surface area contributed by atoms with Crippen molar-refractivity contribution in [3.63, 3.8) is 0 Å². The molecule has 1 aromatic rings. The molecule has 2 unspecified atom stereocenters. The number of sulfone groups is 1. The van der Waals surface area contributed by atoms with Crippen LogP contribution in [-0.2, 0) is 14.6 Å². The average molecular weight is 314 g/mol. The largest absolute Gasteiger partial charge is 0.378 e. The van der Waals surface area contributed by atoms with Crippen LogP contribution in [0.15, 0.2) is 23.1 Å². The molecule has 0 radical (unpaired) electrons. The fraction of sp³-hybridized carbons (Fsp3) is 0.538. The summed E-state index contributed by atoms with van der Waals surface area (Å²) in [6, 6.07) is 4.01. The lowest BCUT2D eigenvalue weighted by atomic mass is 10.0. The van der Waals surface area contributed by atoms with E-state index in [1.165, 1.54) is 12.1 Å². The first kappa shape index (κ1) is 15.7. The molecule has 0 spiro atoms. The molecule has 1 N–H and O–H groups in total. The second kappa shape index (κ2) is 5.98. The van der Waals surface area contributed by atoms with Crippen LogP contribution in [0.3, 0.4) is 0 Å². The Morgan fingerprint density at radius 3 is 2.71 bits per heavy atom. The van der Waals surface area contributed by atoms with Gasteiger partial charge in [0.1, 0.15) is 5.69 Å². The number of nitro benzene ring substituents is 1. The summed E-state index contributed by atoms with van der Waals surface area (Å²) in [6.07, 6.45) is 2.64. The highest BCUT2D eigenvalue weighted by Crippen LogP contribution is 2.29. The van der Waals surface area contributed by atoms with Crippen LogP contribution >= 0.6 is 0 Å². The number of nitrogens with zero attached hydrogens (tertiary/aromatic N) is 1. The minimum Gasteiger partial charge on any atom is -0.378 e. The number of rotatable bonds is 4. The van der Waals surface area contributed by atoms with Crippen LogP contribution in [0.2, 0.25) is 0 Å². The second-order valence-corrected chi connectivity index (χ2v) is 7.27. The topological polar surface area (TPSA) is 98.5 Å². The van der Waals surface area contributed by atoms with Crippen LogP contribution in [0.1, 0.15) is 19.8 Å². The third kappa shape index (κ3) is 3.92. The third-order valence-corrected chi connectivity index (χ3v) is 4.55. The van der Waals surface area contributed by atoms with Crippen molar-refractivity contribution in [2.75, 3.05) is 18.2 Å². The molecule has 7 nitrogen and oxygen atoms in total. The van der Waals surface area contributed by atoms with E-state index in [9.17, 15) is 18.5 Å². The minimum absolute atomic E-state index is 0.0555. The van der Waals surface area contributed by atoms with Crippen LogP contribution < -0.4 is 5.32 Å². The summed E-state index contributed by atoms with van der Waals surface area (Å²) in [7, 11) is -3.47. The van der Waals surface area contributed by atoms with E-state index in [4.69, 9.17) is 4.74 Å². The lowest BCUT2D eigenvalue weighted by Gasteiger charge is -2.28. The fourth-order valence-corrected chi connectivity index (χ4v) is 3.01. The van der Waals surface area contributed by atoms with Gasteiger partial charge in [-0.3, -0.25) is 10.1 Å². The lowest BCUT2D eigenvalue weighted by Crippen LogP contribution is -2.32. The van der Waals surface area contributed by atoms with Crippen molar-refractivity contribution < 1.29 is 18.1 Å². The van der Waals surface area contributed by atoms with E-state index >= 15 is 0 Å². The zero-order chi connectivity index (χ0) is 15.6. The summed E-state index contributed by atoms with van der Waals surface area (Å²) in [4.78, 5) is 10.5. The van der Waals surface area contributed by atoms with E-state index in [0.29, 0.717) is 12.3 Å². The van der Waals surface area contributed by atoms with Crippen LogP contribution in [-0.4, -0.2) is 38.3 Å². The predicted molar refractivity (Wildman–Crippen MR) is 78.3 cm³/mol. The Hall–Kier alpha value is -1.67. The van der Waals surface area contributed by atoms with Crippen LogP contribution in [0.4, 0.5) is 11.4 Å². The van der Waals surface area contributed by atoms with Crippen molar-refractivity contribution in [2.24, 2.45) is 0 Å². The molecule has 0 aromatic heterocycles. The number of hydrogen-bond acceptors (Lipinski definition) is 6. The molecular weight excluding hydrogens is 296 g/mol. The summed E-state index contributed by atoms with van der Waals surface area (Å²) in [5, 5.41) is 14.3. The van der Waals surface area contributed by atoms with E-state index in [1.807, 2.05) is 6.92 Å². The molecular formula is C13H18N2O5S. The smallest absolute Gasteiger partial charge is 0.293 e. The number of ether oxygens (including phenoxy) is 1. The van der Waals surface area contributed by atoms with Gasteiger partial charge in [0.05, 0.1) is 15.9 Å². The van der Waals surface area contributed by atoms with E-state index in [-0.39, 0.29) is 22.7 Å². The monoisotopic (exact) mass is 314 g/mol. The maximum absolute atomic E-state index is 11.5. The molecule has 1 aromatic carbocycles. The third-order valence-electron chi connectivity index (χ3n) is 3.44. The number of hydrogen-bond donors (Lipinski definition) is 1. The molecule has 2 rings (SSSR count). The Morgan fingerprint density at radius 1 is 1.43 bits per heavy atom. The Labute approximate surface area is 123 Å². The van der Waals surface area contributed by atoms with E-state index < -0.39 is 14.8 Å². The van der Waals surface area contributed by atoms with E-state index in [0.717, 1.165) is 25.2 Å². The Kier molecular flexibility index (Phi) is 4.48. The summed E-state index contributed by atoms with van der Waals surface area (Å²) < 4.78 is 28.4. The van der Waals surface area contributed by atoms with Crippen LogP contribution in [0.5, 0.6) is 0 Å². The minimum atomic E-state index is -3.47. The van der Waals surface area contributed by atoms with E-state index in [2.05, 4.69) is 5.32 Å². The Bertz CT molecular complexity index is 644.